The molecule has 4 aromatic rings. The summed E-state index contributed by atoms with van der Waals surface area (Å²) in [5.41, 5.74) is 3.33. The van der Waals surface area contributed by atoms with E-state index in [1.807, 2.05) is 24.3 Å². The second kappa shape index (κ2) is 10.2. The summed E-state index contributed by atoms with van der Waals surface area (Å²) >= 11 is 0. The number of hydrogen-bond acceptors (Lipinski definition) is 8. The lowest BCUT2D eigenvalue weighted by Crippen LogP contribution is -2.34. The van der Waals surface area contributed by atoms with Gasteiger partial charge in [0.25, 0.3) is 10.0 Å². The lowest BCUT2D eigenvalue weighted by molar-refractivity contribution is 0.0744. The van der Waals surface area contributed by atoms with E-state index in [0.29, 0.717) is 29.2 Å². The highest BCUT2D eigenvalue weighted by Crippen LogP contribution is 2.34. The number of ether oxygens (including phenoxy) is 2. The Labute approximate surface area is 197 Å². The van der Waals surface area contributed by atoms with Crippen molar-refractivity contribution in [3.8, 4) is 22.5 Å². The number of rotatable bonds is 10. The van der Waals surface area contributed by atoms with E-state index in [0.717, 1.165) is 15.4 Å². The first-order valence-corrected chi connectivity index (χ1v) is 12.0. The lowest BCUT2D eigenvalue weighted by Gasteiger charge is -2.23. The van der Waals surface area contributed by atoms with Crippen LogP contribution in [0.1, 0.15) is 11.3 Å². The predicted octanol–water partition coefficient (Wildman–Crippen LogP) is 4.43. The van der Waals surface area contributed by atoms with Crippen molar-refractivity contribution in [2.24, 2.45) is 0 Å². The third-order valence-corrected chi connectivity index (χ3v) is 7.14. The fourth-order valence-electron chi connectivity index (χ4n) is 3.39. The minimum Gasteiger partial charge on any atom is -0.382 e. The van der Waals surface area contributed by atoms with Gasteiger partial charge in [-0.25, -0.2) is 12.7 Å². The van der Waals surface area contributed by atoms with Crippen molar-refractivity contribution in [1.82, 2.24) is 10.3 Å². The highest BCUT2D eigenvalue weighted by molar-refractivity contribution is 7.93. The van der Waals surface area contributed by atoms with Gasteiger partial charge >= 0.3 is 0 Å². The van der Waals surface area contributed by atoms with Gasteiger partial charge in [-0.1, -0.05) is 52.8 Å². The van der Waals surface area contributed by atoms with Gasteiger partial charge in [0.1, 0.15) is 6.73 Å². The summed E-state index contributed by atoms with van der Waals surface area (Å²) in [7, 11) is -2.53. The first-order chi connectivity index (χ1) is 16.4. The fraction of sp³-hybridized carbons (Fsp3) is 0.250. The molecule has 0 saturated carbocycles. The van der Waals surface area contributed by atoms with Crippen LogP contribution in [0, 0.1) is 13.8 Å². The van der Waals surface area contributed by atoms with E-state index in [1.54, 1.807) is 57.5 Å². The van der Waals surface area contributed by atoms with Gasteiger partial charge in [-0.15, -0.1) is 0 Å². The number of aromatic nitrogens is 2. The highest BCUT2D eigenvalue weighted by atomic mass is 32.2. The molecule has 0 bridgehead atoms. The number of aryl methyl sites for hydroxylation is 1. The van der Waals surface area contributed by atoms with Crippen LogP contribution in [0.5, 0.6) is 0 Å². The molecule has 2 aromatic carbocycles. The van der Waals surface area contributed by atoms with Crippen molar-refractivity contribution in [3.63, 3.8) is 0 Å². The molecule has 2 aromatic heterocycles. The number of nitrogens with zero attached hydrogens (tertiary/aromatic N) is 3. The first kappa shape index (κ1) is 23.7. The van der Waals surface area contributed by atoms with Crippen LogP contribution in [-0.4, -0.2) is 45.8 Å². The number of anilines is 1. The minimum absolute atomic E-state index is 0.116. The lowest BCUT2D eigenvalue weighted by atomic mass is 10.0. The zero-order valence-corrected chi connectivity index (χ0v) is 19.9. The fourth-order valence-corrected chi connectivity index (χ4v) is 4.94. The van der Waals surface area contributed by atoms with Crippen molar-refractivity contribution in [1.29, 1.82) is 0 Å². The van der Waals surface area contributed by atoms with Crippen LogP contribution in [0.15, 0.2) is 74.7 Å². The Morgan fingerprint density at radius 3 is 2.32 bits per heavy atom. The van der Waals surface area contributed by atoms with Crippen molar-refractivity contribution in [3.05, 3.63) is 72.1 Å². The molecular weight excluding hydrogens is 458 g/mol. The topological polar surface area (TPSA) is 108 Å². The summed E-state index contributed by atoms with van der Waals surface area (Å²) < 4.78 is 50.1. The number of benzene rings is 2. The molecule has 178 valence electrons. The van der Waals surface area contributed by atoms with Crippen molar-refractivity contribution in [2.45, 2.75) is 18.7 Å². The Balaban J connectivity index is 1.73. The third kappa shape index (κ3) is 4.74. The van der Waals surface area contributed by atoms with E-state index in [1.165, 1.54) is 0 Å². The van der Waals surface area contributed by atoms with E-state index in [4.69, 9.17) is 18.5 Å². The van der Waals surface area contributed by atoms with Crippen LogP contribution in [0.25, 0.3) is 22.5 Å². The third-order valence-electron chi connectivity index (χ3n) is 5.37. The maximum atomic E-state index is 13.9. The summed E-state index contributed by atoms with van der Waals surface area (Å²) in [5.74, 6) is 0.744. The second-order valence-electron chi connectivity index (χ2n) is 7.53. The Kier molecular flexibility index (Phi) is 7.11. The number of methoxy groups -OCH3 is 1. The summed E-state index contributed by atoms with van der Waals surface area (Å²) in [6, 6.07) is 16.0. The standard InChI is InChI=1S/C24H25N3O6S/c1-17-18(2)26-33-24(17)27(16-31-15-14-30-3)34(28,29)23-7-5-4-6-21(23)19-8-10-20(11-9-19)22-12-13-25-32-22/h4-13H,14-16H2,1-3H3. The molecule has 34 heavy (non-hydrogen) atoms. The Morgan fingerprint density at radius 2 is 1.68 bits per heavy atom. The molecule has 0 saturated heterocycles. The zero-order valence-electron chi connectivity index (χ0n) is 19.1. The molecule has 4 rings (SSSR count). The van der Waals surface area contributed by atoms with Gasteiger partial charge in [0, 0.05) is 29.9 Å². The maximum absolute atomic E-state index is 13.9. The first-order valence-electron chi connectivity index (χ1n) is 10.6. The monoisotopic (exact) mass is 483 g/mol. The molecule has 0 fully saturated rings. The van der Waals surface area contributed by atoms with E-state index < -0.39 is 10.0 Å². The average molecular weight is 484 g/mol. The van der Waals surface area contributed by atoms with Gasteiger partial charge in [-0.3, -0.25) is 0 Å². The van der Waals surface area contributed by atoms with Gasteiger partial charge < -0.3 is 18.5 Å². The molecule has 0 N–H and O–H groups in total. The van der Waals surface area contributed by atoms with Crippen LogP contribution < -0.4 is 4.31 Å². The largest absolute Gasteiger partial charge is 0.382 e. The van der Waals surface area contributed by atoms with Crippen LogP contribution in [-0.2, 0) is 19.5 Å². The zero-order chi connectivity index (χ0) is 24.1. The summed E-state index contributed by atoms with van der Waals surface area (Å²) in [5, 5.41) is 7.65. The van der Waals surface area contributed by atoms with E-state index >= 15 is 0 Å². The Hall–Kier alpha value is -3.47. The Morgan fingerprint density at radius 1 is 0.941 bits per heavy atom. The van der Waals surface area contributed by atoms with E-state index in [-0.39, 0.29) is 24.1 Å². The molecule has 0 aliphatic heterocycles. The molecule has 0 atom stereocenters. The summed E-state index contributed by atoms with van der Waals surface area (Å²) in [6.07, 6.45) is 1.57. The van der Waals surface area contributed by atoms with Crippen molar-refractivity contribution < 1.29 is 26.9 Å². The number of sulfonamides is 1. The molecule has 10 heteroatoms. The van der Waals surface area contributed by atoms with Crippen LogP contribution in [0.3, 0.4) is 0 Å². The summed E-state index contributed by atoms with van der Waals surface area (Å²) in [4.78, 5) is 0.117. The normalized spacial score (nSPS) is 11.6. The van der Waals surface area contributed by atoms with Gasteiger partial charge in [0.2, 0.25) is 5.88 Å². The van der Waals surface area contributed by atoms with Gasteiger partial charge in [0.15, 0.2) is 5.76 Å². The molecule has 0 unspecified atom stereocenters. The Bertz CT molecular complexity index is 1330. The van der Waals surface area contributed by atoms with Crippen LogP contribution in [0.2, 0.25) is 0 Å². The predicted molar refractivity (Wildman–Crippen MR) is 126 cm³/mol. The SMILES string of the molecule is COCCOCN(c1onc(C)c1C)S(=O)(=O)c1ccccc1-c1ccc(-c2ccno2)cc1. The van der Waals surface area contributed by atoms with Crippen molar-refractivity contribution in [2.75, 3.05) is 31.4 Å². The van der Waals surface area contributed by atoms with Crippen LogP contribution >= 0.6 is 0 Å². The summed E-state index contributed by atoms with van der Waals surface area (Å²) in [6.45, 7) is 3.81. The van der Waals surface area contributed by atoms with Crippen molar-refractivity contribution >= 4 is 15.9 Å². The number of hydrogen-bond donors (Lipinski definition) is 0. The molecule has 0 spiro atoms. The maximum Gasteiger partial charge on any atom is 0.269 e. The average Bonchev–Trinajstić information content (AvgIpc) is 3.50. The molecule has 9 nitrogen and oxygen atoms in total. The molecule has 2 heterocycles. The smallest absolute Gasteiger partial charge is 0.269 e. The van der Waals surface area contributed by atoms with E-state index in [9.17, 15) is 8.42 Å². The molecular formula is C24H25N3O6S. The van der Waals surface area contributed by atoms with Gasteiger partial charge in [0.05, 0.1) is 30.0 Å². The molecule has 0 radical (unpaired) electrons. The van der Waals surface area contributed by atoms with E-state index in [2.05, 4.69) is 10.3 Å². The quantitative estimate of drug-likeness (QED) is 0.241. The minimum atomic E-state index is -4.08. The molecule has 0 aliphatic rings. The van der Waals surface area contributed by atoms with Gasteiger partial charge in [-0.2, -0.15) is 0 Å². The van der Waals surface area contributed by atoms with Crippen LogP contribution in [0.4, 0.5) is 5.88 Å². The molecule has 0 amide bonds. The second-order valence-corrected chi connectivity index (χ2v) is 9.36. The highest BCUT2D eigenvalue weighted by Gasteiger charge is 2.32. The van der Waals surface area contributed by atoms with Gasteiger partial charge in [-0.05, 0) is 25.5 Å². The molecule has 0 aliphatic carbocycles.